The van der Waals surface area contributed by atoms with Crippen LogP contribution in [0.5, 0.6) is 5.75 Å². The van der Waals surface area contributed by atoms with E-state index in [-0.39, 0.29) is 29.8 Å². The number of alkyl halides is 3. The van der Waals surface area contributed by atoms with E-state index in [4.69, 9.17) is 0 Å². The minimum atomic E-state index is -4.92. The number of carbonyl (C=O) groups is 1. The molecule has 3 rings (SSSR count). The summed E-state index contributed by atoms with van der Waals surface area (Å²) in [7, 11) is 1.60. The predicted octanol–water partition coefficient (Wildman–Crippen LogP) is 3.71. The second kappa shape index (κ2) is 10.2. The van der Waals surface area contributed by atoms with Gasteiger partial charge in [0.05, 0.1) is 4.90 Å². The van der Waals surface area contributed by atoms with E-state index in [0.717, 1.165) is 23.4 Å². The summed E-state index contributed by atoms with van der Waals surface area (Å²) in [6.07, 6.45) is -4.25. The molecule has 0 atom stereocenters. The smallest absolute Gasteiger partial charge is 0.406 e. The highest BCUT2D eigenvalue weighted by Gasteiger charge is 2.35. The van der Waals surface area contributed by atoms with Crippen molar-refractivity contribution in [2.75, 3.05) is 39.1 Å². The molecule has 0 radical (unpaired) electrons. The number of benzene rings is 2. The topological polar surface area (TPSA) is 70.2 Å². The Kier molecular flexibility index (Phi) is 7.77. The van der Waals surface area contributed by atoms with Crippen molar-refractivity contribution in [2.24, 2.45) is 5.92 Å². The zero-order chi connectivity index (χ0) is 25.1. The number of rotatable bonds is 7. The van der Waals surface area contributed by atoms with Crippen molar-refractivity contribution in [3.05, 3.63) is 54.1 Å². The van der Waals surface area contributed by atoms with Gasteiger partial charge < -0.3 is 14.5 Å². The van der Waals surface area contributed by atoms with Crippen molar-refractivity contribution in [3.63, 3.8) is 0 Å². The minimum Gasteiger partial charge on any atom is -0.406 e. The molecular formula is C23H28F3N3O4S. The molecule has 2 aromatic rings. The summed E-state index contributed by atoms with van der Waals surface area (Å²) >= 11 is 0. The molecule has 1 amide bonds. The van der Waals surface area contributed by atoms with Gasteiger partial charge in [-0.05, 0) is 42.7 Å². The molecule has 1 heterocycles. The molecule has 7 nitrogen and oxygen atoms in total. The second-order valence-corrected chi connectivity index (χ2v) is 10.4. The van der Waals surface area contributed by atoms with E-state index in [0.29, 0.717) is 19.4 Å². The van der Waals surface area contributed by atoms with Crippen LogP contribution < -0.4 is 9.64 Å². The number of ether oxygens (including phenoxy) is 1. The fourth-order valence-electron chi connectivity index (χ4n) is 3.89. The van der Waals surface area contributed by atoms with Crippen molar-refractivity contribution in [1.82, 2.24) is 9.21 Å². The maximum atomic E-state index is 12.9. The molecule has 1 aliphatic heterocycles. The van der Waals surface area contributed by atoms with Gasteiger partial charge >= 0.3 is 6.36 Å². The monoisotopic (exact) mass is 499 g/mol. The lowest BCUT2D eigenvalue weighted by molar-refractivity contribution is -0.274. The molecule has 0 aromatic heterocycles. The van der Waals surface area contributed by atoms with Crippen LogP contribution in [0.15, 0.2) is 53.4 Å². The number of nitrogens with zero attached hydrogens (tertiary/aromatic N) is 3. The average molecular weight is 500 g/mol. The van der Waals surface area contributed by atoms with Crippen LogP contribution in [-0.2, 0) is 21.4 Å². The molecule has 2 aromatic carbocycles. The molecule has 11 heteroatoms. The van der Waals surface area contributed by atoms with Gasteiger partial charge in [0.25, 0.3) is 0 Å². The van der Waals surface area contributed by atoms with E-state index in [9.17, 15) is 26.4 Å². The lowest BCUT2D eigenvalue weighted by Gasteiger charge is -2.32. The summed E-state index contributed by atoms with van der Waals surface area (Å²) < 4.78 is 68.3. The number of sulfonamides is 1. The first-order chi connectivity index (χ1) is 15.9. The molecule has 1 aliphatic rings. The zero-order valence-electron chi connectivity index (χ0n) is 19.2. The molecular weight excluding hydrogens is 471 g/mol. The predicted molar refractivity (Wildman–Crippen MR) is 122 cm³/mol. The summed E-state index contributed by atoms with van der Waals surface area (Å²) in [6, 6.07) is 12.2. The Morgan fingerprint density at radius 3 is 2.24 bits per heavy atom. The fourth-order valence-corrected chi connectivity index (χ4v) is 5.39. The normalized spacial score (nSPS) is 15.7. The average Bonchev–Trinajstić information content (AvgIpc) is 2.78. The van der Waals surface area contributed by atoms with Gasteiger partial charge in [0.1, 0.15) is 5.75 Å². The third-order valence-electron chi connectivity index (χ3n) is 5.73. The van der Waals surface area contributed by atoms with Crippen LogP contribution in [0.1, 0.15) is 18.4 Å². The first-order valence-electron chi connectivity index (χ1n) is 10.7. The van der Waals surface area contributed by atoms with Crippen molar-refractivity contribution in [3.8, 4) is 5.75 Å². The van der Waals surface area contributed by atoms with E-state index in [2.05, 4.69) is 4.74 Å². The summed E-state index contributed by atoms with van der Waals surface area (Å²) in [4.78, 5) is 16.3. The summed E-state index contributed by atoms with van der Waals surface area (Å²) in [6.45, 7) is 0.653. The molecule has 34 heavy (non-hydrogen) atoms. The quantitative estimate of drug-likeness (QED) is 0.581. The Morgan fingerprint density at radius 1 is 1.06 bits per heavy atom. The number of anilines is 1. The first-order valence-corrected chi connectivity index (χ1v) is 12.2. The Labute approximate surface area is 197 Å². The molecule has 0 unspecified atom stereocenters. The summed E-state index contributed by atoms with van der Waals surface area (Å²) in [5, 5.41) is 0. The van der Waals surface area contributed by atoms with Crippen LogP contribution >= 0.6 is 0 Å². The van der Waals surface area contributed by atoms with E-state index in [1.54, 1.807) is 11.9 Å². The van der Waals surface area contributed by atoms with Crippen molar-refractivity contribution >= 4 is 21.6 Å². The highest BCUT2D eigenvalue weighted by atomic mass is 32.2. The summed E-state index contributed by atoms with van der Waals surface area (Å²) in [5.41, 5.74) is 2.05. The fraction of sp³-hybridized carbons (Fsp3) is 0.435. The number of piperidine rings is 1. The number of amides is 1. The van der Waals surface area contributed by atoms with E-state index in [1.165, 1.54) is 16.4 Å². The molecule has 1 fully saturated rings. The SMILES string of the molecule is CN(Cc1ccc(N(C)C)cc1)C(=O)C1CCN(S(=O)(=O)c2cccc(OC(F)(F)F)c2)CC1. The molecule has 0 spiro atoms. The third-order valence-corrected chi connectivity index (χ3v) is 7.62. The van der Waals surface area contributed by atoms with Crippen LogP contribution in [0.3, 0.4) is 0 Å². The maximum Gasteiger partial charge on any atom is 0.573 e. The number of halogens is 3. The van der Waals surface area contributed by atoms with E-state index in [1.807, 2.05) is 43.3 Å². The molecule has 1 saturated heterocycles. The Morgan fingerprint density at radius 2 is 1.68 bits per heavy atom. The van der Waals surface area contributed by atoms with Crippen LogP contribution in [-0.4, -0.2) is 64.1 Å². The van der Waals surface area contributed by atoms with Crippen molar-refractivity contribution < 1.29 is 31.1 Å². The van der Waals surface area contributed by atoms with Crippen molar-refractivity contribution in [1.29, 1.82) is 0 Å². The number of hydrogen-bond donors (Lipinski definition) is 0. The van der Waals surface area contributed by atoms with E-state index < -0.39 is 22.1 Å². The molecule has 0 aliphatic carbocycles. The Balaban J connectivity index is 1.59. The maximum absolute atomic E-state index is 12.9. The van der Waals surface area contributed by atoms with Crippen LogP contribution in [0, 0.1) is 5.92 Å². The van der Waals surface area contributed by atoms with Gasteiger partial charge in [0.2, 0.25) is 15.9 Å². The molecule has 0 bridgehead atoms. The van der Waals surface area contributed by atoms with Gasteiger partial charge in [0, 0.05) is 58.4 Å². The largest absolute Gasteiger partial charge is 0.573 e. The van der Waals surface area contributed by atoms with Gasteiger partial charge in [0.15, 0.2) is 0 Å². The van der Waals surface area contributed by atoms with Gasteiger partial charge in [-0.25, -0.2) is 8.42 Å². The first kappa shape index (κ1) is 25.8. The van der Waals surface area contributed by atoms with Crippen LogP contribution in [0.25, 0.3) is 0 Å². The molecule has 0 N–H and O–H groups in total. The van der Waals surface area contributed by atoms with Gasteiger partial charge in [-0.2, -0.15) is 4.31 Å². The van der Waals surface area contributed by atoms with Gasteiger partial charge in [-0.1, -0.05) is 18.2 Å². The number of carbonyl (C=O) groups excluding carboxylic acids is 1. The van der Waals surface area contributed by atoms with E-state index >= 15 is 0 Å². The summed E-state index contributed by atoms with van der Waals surface area (Å²) in [5.74, 6) is -0.981. The Bertz CT molecular complexity index is 1100. The standard InChI is InChI=1S/C23H28F3N3O4S/c1-27(2)19-9-7-17(8-10-19)16-28(3)22(30)18-11-13-29(14-12-18)34(31,32)21-6-4-5-20(15-21)33-23(24,25)26/h4-10,15,18H,11-14,16H2,1-3H3. The van der Waals surface area contributed by atoms with Crippen molar-refractivity contribution in [2.45, 2.75) is 30.6 Å². The third kappa shape index (κ3) is 6.41. The number of hydrogen-bond acceptors (Lipinski definition) is 5. The molecule has 186 valence electrons. The minimum absolute atomic E-state index is 0.0608. The second-order valence-electron chi connectivity index (χ2n) is 8.46. The van der Waals surface area contributed by atoms with Crippen LogP contribution in [0.4, 0.5) is 18.9 Å². The van der Waals surface area contributed by atoms with Gasteiger partial charge in [-0.15, -0.1) is 13.2 Å². The lowest BCUT2D eigenvalue weighted by Crippen LogP contribution is -2.43. The highest BCUT2D eigenvalue weighted by molar-refractivity contribution is 7.89. The lowest BCUT2D eigenvalue weighted by atomic mass is 9.96. The molecule has 0 saturated carbocycles. The van der Waals surface area contributed by atoms with Crippen LogP contribution in [0.2, 0.25) is 0 Å². The zero-order valence-corrected chi connectivity index (χ0v) is 20.1. The Hall–Kier alpha value is -2.79. The van der Waals surface area contributed by atoms with Gasteiger partial charge in [-0.3, -0.25) is 4.79 Å². The highest BCUT2D eigenvalue weighted by Crippen LogP contribution is 2.29.